The third kappa shape index (κ3) is 6.85. The van der Waals surface area contributed by atoms with Gasteiger partial charge >= 0.3 is 12.1 Å². The molecule has 0 unspecified atom stereocenters. The summed E-state index contributed by atoms with van der Waals surface area (Å²) in [5, 5.41) is 15.3. The maximum Gasteiger partial charge on any atom is 0.471 e. The number of rotatable bonds is 8. The van der Waals surface area contributed by atoms with Gasteiger partial charge in [0.25, 0.3) is 17.5 Å². The Morgan fingerprint density at radius 2 is 1.67 bits per heavy atom. The average Bonchev–Trinajstić information content (AvgIpc) is 3.00. The first-order valence-corrected chi connectivity index (χ1v) is 13.2. The van der Waals surface area contributed by atoms with Crippen molar-refractivity contribution >= 4 is 46.2 Å². The van der Waals surface area contributed by atoms with E-state index in [0.717, 1.165) is 56.2 Å². The van der Waals surface area contributed by atoms with Crippen LogP contribution in [0.25, 0.3) is 0 Å². The van der Waals surface area contributed by atoms with E-state index < -0.39 is 39.9 Å². The number of piperidine rings is 1. The maximum atomic E-state index is 13.5. The summed E-state index contributed by atoms with van der Waals surface area (Å²) in [6, 6.07) is 14.7. The van der Waals surface area contributed by atoms with Crippen LogP contribution in [0.5, 0.6) is 5.75 Å². The minimum Gasteiger partial charge on any atom is -0.495 e. The van der Waals surface area contributed by atoms with E-state index in [9.17, 15) is 37.7 Å². The molecule has 3 aromatic carbocycles. The molecule has 2 N–H and O–H groups in total. The third-order valence-corrected chi connectivity index (χ3v) is 6.92. The molecule has 11 nitrogen and oxygen atoms in total. The molecule has 1 aliphatic heterocycles. The average molecular weight is 600 g/mol. The number of carbonyl (C=O) groups is 3. The van der Waals surface area contributed by atoms with Crippen LogP contribution in [0.3, 0.4) is 0 Å². The number of anilines is 4. The molecule has 226 valence electrons. The monoisotopic (exact) mass is 599 g/mol. The number of halogens is 3. The summed E-state index contributed by atoms with van der Waals surface area (Å²) < 4.78 is 44.1. The van der Waals surface area contributed by atoms with Gasteiger partial charge in [-0.05, 0) is 55.7 Å². The number of nitrogens with zero attached hydrogens (tertiary/aromatic N) is 3. The molecular weight excluding hydrogens is 571 g/mol. The molecule has 14 heteroatoms. The molecule has 1 fully saturated rings. The Kier molecular flexibility index (Phi) is 9.17. The molecule has 0 radical (unpaired) electrons. The highest BCUT2D eigenvalue weighted by Crippen LogP contribution is 2.34. The Morgan fingerprint density at radius 3 is 2.33 bits per heavy atom. The van der Waals surface area contributed by atoms with E-state index in [2.05, 4.69) is 10.2 Å². The number of para-hydroxylation sites is 3. The summed E-state index contributed by atoms with van der Waals surface area (Å²) in [6.07, 6.45) is -2.09. The SMILES string of the molecule is COc1cc(C(=O)N(C)c2ccccc2N2CCCCC2)ccc1NC(=O)c1cccc([N+](=O)[O-])c1NC(=O)C(F)(F)F. The van der Waals surface area contributed by atoms with Gasteiger partial charge in [-0.2, -0.15) is 13.2 Å². The van der Waals surface area contributed by atoms with Crippen molar-refractivity contribution in [2.45, 2.75) is 25.4 Å². The van der Waals surface area contributed by atoms with Gasteiger partial charge < -0.3 is 25.2 Å². The lowest BCUT2D eigenvalue weighted by atomic mass is 10.1. The Morgan fingerprint density at radius 1 is 0.977 bits per heavy atom. The number of nitro benzene ring substituents is 1. The molecule has 0 aromatic heterocycles. The highest BCUT2D eigenvalue weighted by molar-refractivity contribution is 6.13. The number of hydrogen-bond donors (Lipinski definition) is 2. The number of nitro groups is 1. The van der Waals surface area contributed by atoms with E-state index in [1.807, 2.05) is 24.3 Å². The van der Waals surface area contributed by atoms with Crippen LogP contribution in [-0.4, -0.2) is 56.1 Å². The smallest absolute Gasteiger partial charge is 0.471 e. The first kappa shape index (κ1) is 30.8. The predicted octanol–water partition coefficient (Wildman–Crippen LogP) is 5.62. The molecule has 0 saturated carbocycles. The van der Waals surface area contributed by atoms with Gasteiger partial charge in [0.2, 0.25) is 0 Å². The lowest BCUT2D eigenvalue weighted by molar-refractivity contribution is -0.384. The van der Waals surface area contributed by atoms with E-state index in [-0.39, 0.29) is 22.9 Å². The minimum atomic E-state index is -5.36. The van der Waals surface area contributed by atoms with E-state index in [1.165, 1.54) is 35.5 Å². The van der Waals surface area contributed by atoms with Crippen molar-refractivity contribution in [3.63, 3.8) is 0 Å². The van der Waals surface area contributed by atoms with Crippen LogP contribution in [0.15, 0.2) is 60.7 Å². The molecule has 0 spiro atoms. The lowest BCUT2D eigenvalue weighted by Crippen LogP contribution is -2.33. The minimum absolute atomic E-state index is 0.0278. The highest BCUT2D eigenvalue weighted by atomic mass is 19.4. The molecule has 43 heavy (non-hydrogen) atoms. The molecule has 1 saturated heterocycles. The summed E-state index contributed by atoms with van der Waals surface area (Å²) in [7, 11) is 2.93. The van der Waals surface area contributed by atoms with Crippen molar-refractivity contribution < 1.29 is 37.2 Å². The second kappa shape index (κ2) is 12.8. The number of ether oxygens (including phenoxy) is 1. The Balaban J connectivity index is 1.60. The van der Waals surface area contributed by atoms with Gasteiger partial charge in [-0.15, -0.1) is 0 Å². The Labute approximate surface area is 244 Å². The van der Waals surface area contributed by atoms with Crippen LogP contribution >= 0.6 is 0 Å². The molecular formula is C29H28F3N5O6. The van der Waals surface area contributed by atoms with Gasteiger partial charge in [-0.1, -0.05) is 18.2 Å². The van der Waals surface area contributed by atoms with Crippen LogP contribution in [0.1, 0.15) is 40.0 Å². The number of alkyl halides is 3. The van der Waals surface area contributed by atoms with E-state index in [1.54, 1.807) is 7.05 Å². The third-order valence-electron chi connectivity index (χ3n) is 6.92. The number of nitrogens with one attached hydrogen (secondary N) is 2. The molecule has 1 heterocycles. The summed E-state index contributed by atoms with van der Waals surface area (Å²) in [5.74, 6) is -3.87. The van der Waals surface area contributed by atoms with Crippen LogP contribution in [-0.2, 0) is 4.79 Å². The van der Waals surface area contributed by atoms with Crippen LogP contribution < -0.4 is 25.2 Å². The van der Waals surface area contributed by atoms with Crippen LogP contribution in [0.4, 0.5) is 41.6 Å². The van der Waals surface area contributed by atoms with Gasteiger partial charge in [0, 0.05) is 31.8 Å². The number of benzene rings is 3. The van der Waals surface area contributed by atoms with Crippen molar-refractivity contribution in [2.75, 3.05) is 47.7 Å². The van der Waals surface area contributed by atoms with Crippen molar-refractivity contribution in [3.05, 3.63) is 81.9 Å². The number of hydrogen-bond acceptors (Lipinski definition) is 7. The topological polar surface area (TPSA) is 134 Å². The lowest BCUT2D eigenvalue weighted by Gasteiger charge is -2.32. The van der Waals surface area contributed by atoms with E-state index in [4.69, 9.17) is 4.74 Å². The molecule has 0 aliphatic carbocycles. The van der Waals surface area contributed by atoms with Gasteiger partial charge in [0.1, 0.15) is 11.4 Å². The molecule has 3 aromatic rings. The van der Waals surface area contributed by atoms with Gasteiger partial charge in [-0.25, -0.2) is 0 Å². The number of methoxy groups -OCH3 is 1. The molecule has 3 amide bonds. The summed E-state index contributed by atoms with van der Waals surface area (Å²) in [5.41, 5.74) is -0.537. The zero-order valence-corrected chi connectivity index (χ0v) is 23.2. The largest absolute Gasteiger partial charge is 0.495 e. The number of carbonyl (C=O) groups excluding carboxylic acids is 3. The summed E-state index contributed by atoms with van der Waals surface area (Å²) in [6.45, 7) is 1.76. The van der Waals surface area contributed by atoms with Crippen LogP contribution in [0, 0.1) is 10.1 Å². The summed E-state index contributed by atoms with van der Waals surface area (Å²) >= 11 is 0. The van der Waals surface area contributed by atoms with E-state index >= 15 is 0 Å². The van der Waals surface area contributed by atoms with Gasteiger partial charge in [0.05, 0.1) is 34.7 Å². The Bertz CT molecular complexity index is 1560. The highest BCUT2D eigenvalue weighted by Gasteiger charge is 2.40. The normalized spacial score (nSPS) is 13.2. The summed E-state index contributed by atoms with van der Waals surface area (Å²) in [4.78, 5) is 52.3. The molecule has 1 aliphatic rings. The fourth-order valence-corrected chi connectivity index (χ4v) is 4.77. The first-order chi connectivity index (χ1) is 20.4. The van der Waals surface area contributed by atoms with Crippen molar-refractivity contribution in [2.24, 2.45) is 0 Å². The molecule has 0 atom stereocenters. The van der Waals surface area contributed by atoms with Crippen molar-refractivity contribution in [1.82, 2.24) is 0 Å². The van der Waals surface area contributed by atoms with Crippen molar-refractivity contribution in [3.8, 4) is 5.75 Å². The second-order valence-corrected chi connectivity index (χ2v) is 9.68. The quantitative estimate of drug-likeness (QED) is 0.253. The van der Waals surface area contributed by atoms with Gasteiger partial charge in [-0.3, -0.25) is 24.5 Å². The molecule has 4 rings (SSSR count). The van der Waals surface area contributed by atoms with Crippen molar-refractivity contribution in [1.29, 1.82) is 0 Å². The fourth-order valence-electron chi connectivity index (χ4n) is 4.77. The van der Waals surface area contributed by atoms with Gasteiger partial charge in [0.15, 0.2) is 0 Å². The van der Waals surface area contributed by atoms with Crippen LogP contribution in [0.2, 0.25) is 0 Å². The zero-order chi connectivity index (χ0) is 31.3. The molecule has 0 bridgehead atoms. The second-order valence-electron chi connectivity index (χ2n) is 9.68. The first-order valence-electron chi connectivity index (χ1n) is 13.2. The number of amides is 3. The maximum absolute atomic E-state index is 13.5. The zero-order valence-electron chi connectivity index (χ0n) is 23.2. The van der Waals surface area contributed by atoms with E-state index in [0.29, 0.717) is 5.69 Å². The predicted molar refractivity (Wildman–Crippen MR) is 154 cm³/mol. The standard InChI is InChI=1S/C29H28F3N5O6/c1-35(21-10-4-5-11-22(21)36-15-6-3-7-16-36)27(39)18-13-14-20(24(17-18)43-2)33-26(38)19-9-8-12-23(37(41)42)25(19)34-28(40)29(30,31)32/h4-5,8-14,17H,3,6-7,15-16H2,1-2H3,(H,33,38)(H,34,40). The fraction of sp³-hybridized carbons (Fsp3) is 0.276. The Hall–Kier alpha value is -5.14.